The molecular weight excluding hydrogens is 300 g/mol. The molecule has 0 aromatic heterocycles. The van der Waals surface area contributed by atoms with Crippen molar-refractivity contribution in [3.8, 4) is 0 Å². The fraction of sp³-hybridized carbons (Fsp3) is 0.524. The van der Waals surface area contributed by atoms with E-state index in [1.165, 1.54) is 0 Å². The van der Waals surface area contributed by atoms with E-state index in [1.807, 2.05) is 0 Å². The summed E-state index contributed by atoms with van der Waals surface area (Å²) in [6.07, 6.45) is 4.94. The maximum Gasteiger partial charge on any atom is 0.228 e. The van der Waals surface area contributed by atoms with E-state index in [0.717, 1.165) is 25.7 Å². The minimum Gasteiger partial charge on any atom is -0.504 e. The number of aliphatic hydroxyl groups excluding tert-OH is 1. The minimum atomic E-state index is -0.413. The maximum atomic E-state index is 12.7. The smallest absolute Gasteiger partial charge is 0.228 e. The Labute approximate surface area is 143 Å². The van der Waals surface area contributed by atoms with E-state index in [2.05, 4.69) is 20.8 Å². The summed E-state index contributed by atoms with van der Waals surface area (Å²) in [6, 6.07) is 6.77. The van der Waals surface area contributed by atoms with Gasteiger partial charge in [-0.1, -0.05) is 45.0 Å². The Kier molecular flexibility index (Phi) is 4.37. The van der Waals surface area contributed by atoms with Crippen molar-refractivity contribution in [2.24, 2.45) is 17.3 Å². The van der Waals surface area contributed by atoms with E-state index in [1.54, 1.807) is 24.3 Å². The lowest BCUT2D eigenvalue weighted by Crippen LogP contribution is -2.28. The second-order valence-electron chi connectivity index (χ2n) is 8.32. The summed E-state index contributed by atoms with van der Waals surface area (Å²) in [4.78, 5) is 25.0. The SMILES string of the molecule is CC(C)(C)[C@H]1CC[C@H](CC2=C(O)C(=O)c3ccccc3C2=O)CC1. The minimum absolute atomic E-state index is 0.180. The normalized spacial score (nSPS) is 25.0. The molecular formula is C21H26O3. The van der Waals surface area contributed by atoms with Crippen molar-refractivity contribution in [2.75, 3.05) is 0 Å². The van der Waals surface area contributed by atoms with Gasteiger partial charge in [0, 0.05) is 16.7 Å². The summed E-state index contributed by atoms with van der Waals surface area (Å²) < 4.78 is 0. The highest BCUT2D eigenvalue weighted by atomic mass is 16.3. The zero-order chi connectivity index (χ0) is 17.5. The van der Waals surface area contributed by atoms with Crippen LogP contribution in [-0.4, -0.2) is 16.7 Å². The summed E-state index contributed by atoms with van der Waals surface area (Å²) in [5.74, 6) is 0.157. The van der Waals surface area contributed by atoms with Gasteiger partial charge in [0.15, 0.2) is 11.5 Å². The van der Waals surface area contributed by atoms with Crippen LogP contribution in [0.2, 0.25) is 0 Å². The molecule has 1 N–H and O–H groups in total. The number of benzene rings is 1. The largest absolute Gasteiger partial charge is 0.504 e. The predicted molar refractivity (Wildman–Crippen MR) is 94.3 cm³/mol. The molecule has 1 fully saturated rings. The molecule has 2 aliphatic carbocycles. The van der Waals surface area contributed by atoms with Gasteiger partial charge >= 0.3 is 0 Å². The molecule has 0 amide bonds. The number of Topliss-reactive ketones (excluding diaryl/α,β-unsaturated/α-hetero) is 2. The molecule has 3 nitrogen and oxygen atoms in total. The van der Waals surface area contributed by atoms with Gasteiger partial charge in [0.05, 0.1) is 0 Å². The van der Waals surface area contributed by atoms with E-state index in [9.17, 15) is 14.7 Å². The van der Waals surface area contributed by atoms with E-state index in [0.29, 0.717) is 40.4 Å². The topological polar surface area (TPSA) is 54.4 Å². The van der Waals surface area contributed by atoms with Crippen molar-refractivity contribution in [1.82, 2.24) is 0 Å². The Morgan fingerprint density at radius 2 is 1.50 bits per heavy atom. The Hall–Kier alpha value is -1.90. The third-order valence-corrected chi connectivity index (χ3v) is 5.76. The fourth-order valence-corrected chi connectivity index (χ4v) is 4.12. The van der Waals surface area contributed by atoms with Crippen LogP contribution in [0.5, 0.6) is 0 Å². The van der Waals surface area contributed by atoms with Gasteiger partial charge in [-0.25, -0.2) is 0 Å². The van der Waals surface area contributed by atoms with Crippen molar-refractivity contribution in [3.63, 3.8) is 0 Å². The van der Waals surface area contributed by atoms with Gasteiger partial charge < -0.3 is 5.11 Å². The number of hydrogen-bond acceptors (Lipinski definition) is 3. The molecule has 0 spiro atoms. The first-order valence-electron chi connectivity index (χ1n) is 8.89. The first-order valence-corrected chi connectivity index (χ1v) is 8.89. The first kappa shape index (κ1) is 16.9. The van der Waals surface area contributed by atoms with Gasteiger partial charge in [0.25, 0.3) is 0 Å². The van der Waals surface area contributed by atoms with Crippen LogP contribution < -0.4 is 0 Å². The molecule has 1 aromatic carbocycles. The van der Waals surface area contributed by atoms with Crippen LogP contribution in [0.4, 0.5) is 0 Å². The van der Waals surface area contributed by atoms with Gasteiger partial charge in [0.1, 0.15) is 0 Å². The maximum absolute atomic E-state index is 12.7. The lowest BCUT2D eigenvalue weighted by atomic mass is 9.68. The van der Waals surface area contributed by atoms with Gasteiger partial charge in [-0.3, -0.25) is 9.59 Å². The number of carbonyl (C=O) groups excluding carboxylic acids is 2. The number of rotatable bonds is 2. The average Bonchev–Trinajstić information content (AvgIpc) is 2.56. The molecule has 24 heavy (non-hydrogen) atoms. The molecule has 1 saturated carbocycles. The van der Waals surface area contributed by atoms with E-state index >= 15 is 0 Å². The van der Waals surface area contributed by atoms with Crippen molar-refractivity contribution in [3.05, 3.63) is 46.7 Å². The molecule has 3 rings (SSSR count). The van der Waals surface area contributed by atoms with Gasteiger partial charge in [-0.15, -0.1) is 0 Å². The van der Waals surface area contributed by atoms with Crippen LogP contribution in [-0.2, 0) is 0 Å². The number of hydrogen-bond donors (Lipinski definition) is 1. The molecule has 0 heterocycles. The van der Waals surface area contributed by atoms with E-state index in [-0.39, 0.29) is 11.5 Å². The van der Waals surface area contributed by atoms with Crippen LogP contribution in [0.1, 0.15) is 73.6 Å². The molecule has 0 radical (unpaired) electrons. The van der Waals surface area contributed by atoms with Crippen molar-refractivity contribution in [2.45, 2.75) is 52.9 Å². The third kappa shape index (κ3) is 3.04. The Morgan fingerprint density at radius 3 is 2.04 bits per heavy atom. The van der Waals surface area contributed by atoms with Gasteiger partial charge in [0.2, 0.25) is 5.78 Å². The zero-order valence-electron chi connectivity index (χ0n) is 14.8. The van der Waals surface area contributed by atoms with Crippen molar-refractivity contribution < 1.29 is 14.7 Å². The summed E-state index contributed by atoms with van der Waals surface area (Å²) in [5, 5.41) is 10.3. The first-order chi connectivity index (χ1) is 11.3. The lowest BCUT2D eigenvalue weighted by Gasteiger charge is -2.37. The third-order valence-electron chi connectivity index (χ3n) is 5.76. The van der Waals surface area contributed by atoms with Crippen LogP contribution in [0.25, 0.3) is 0 Å². The number of allylic oxidation sites excluding steroid dienone is 2. The van der Waals surface area contributed by atoms with Crippen LogP contribution in [0.3, 0.4) is 0 Å². The zero-order valence-corrected chi connectivity index (χ0v) is 14.8. The molecule has 0 atom stereocenters. The van der Waals surface area contributed by atoms with E-state index < -0.39 is 5.78 Å². The fourth-order valence-electron chi connectivity index (χ4n) is 4.12. The monoisotopic (exact) mass is 326 g/mol. The molecule has 2 aliphatic rings. The summed E-state index contributed by atoms with van der Waals surface area (Å²) >= 11 is 0. The van der Waals surface area contributed by atoms with Crippen LogP contribution >= 0.6 is 0 Å². The van der Waals surface area contributed by atoms with Crippen molar-refractivity contribution >= 4 is 11.6 Å². The average molecular weight is 326 g/mol. The second kappa shape index (κ2) is 6.19. The molecule has 0 bridgehead atoms. The molecule has 0 unspecified atom stereocenters. The van der Waals surface area contributed by atoms with Gasteiger partial charge in [-0.2, -0.15) is 0 Å². The molecule has 0 aliphatic heterocycles. The molecule has 128 valence electrons. The highest BCUT2D eigenvalue weighted by Gasteiger charge is 2.35. The van der Waals surface area contributed by atoms with E-state index in [4.69, 9.17) is 0 Å². The van der Waals surface area contributed by atoms with Crippen LogP contribution in [0.15, 0.2) is 35.6 Å². The highest BCUT2D eigenvalue weighted by Crippen LogP contribution is 2.42. The summed E-state index contributed by atoms with van der Waals surface area (Å²) in [5.41, 5.74) is 1.39. The summed E-state index contributed by atoms with van der Waals surface area (Å²) in [7, 11) is 0. The Balaban J connectivity index is 1.76. The second-order valence-corrected chi connectivity index (χ2v) is 8.32. The number of fused-ring (bicyclic) bond motifs is 1. The lowest BCUT2D eigenvalue weighted by molar-refractivity contribution is 0.0918. The van der Waals surface area contributed by atoms with Crippen molar-refractivity contribution in [1.29, 1.82) is 0 Å². The Bertz CT molecular complexity index is 698. The highest BCUT2D eigenvalue weighted by molar-refractivity contribution is 6.25. The molecule has 3 heteroatoms. The number of aliphatic hydroxyl groups is 1. The number of carbonyl (C=O) groups is 2. The summed E-state index contributed by atoms with van der Waals surface area (Å²) in [6.45, 7) is 6.85. The Morgan fingerprint density at radius 1 is 0.958 bits per heavy atom. The van der Waals surface area contributed by atoms with Gasteiger partial charge in [-0.05, 0) is 49.4 Å². The standard InChI is InChI=1S/C21H26O3/c1-21(2,3)14-10-8-13(9-11-14)12-17-18(22)15-6-4-5-7-16(15)19(23)20(17)24/h4-7,13-14,24H,8-12H2,1-3H3/t13-,14-. The quantitative estimate of drug-likeness (QED) is 0.820. The van der Waals surface area contributed by atoms with Crippen LogP contribution in [0, 0.1) is 17.3 Å². The molecule has 0 saturated heterocycles. The number of ketones is 2. The molecule has 1 aromatic rings. The predicted octanol–water partition coefficient (Wildman–Crippen LogP) is 5.12.